The third-order valence-electron chi connectivity index (χ3n) is 2.63. The summed E-state index contributed by atoms with van der Waals surface area (Å²) in [5.41, 5.74) is 0. The first kappa shape index (κ1) is 13.1. The molecule has 92 valence electrons. The Balaban J connectivity index is 2.44. The summed E-state index contributed by atoms with van der Waals surface area (Å²) in [7, 11) is 0. The van der Waals surface area contributed by atoms with Gasteiger partial charge in [-0.2, -0.15) is 0 Å². The highest BCUT2D eigenvalue weighted by molar-refractivity contribution is 5.82. The molecule has 0 aromatic rings. The van der Waals surface area contributed by atoms with Crippen molar-refractivity contribution in [2.45, 2.75) is 25.8 Å². The number of amides is 1. The first-order chi connectivity index (χ1) is 7.79. The molecule has 5 nitrogen and oxygen atoms in total. The highest BCUT2D eigenvalue weighted by atomic mass is 16.5. The molecule has 0 aromatic carbocycles. The lowest BCUT2D eigenvalue weighted by molar-refractivity contribution is -0.133. The Morgan fingerprint density at radius 1 is 1.62 bits per heavy atom. The molecule has 1 atom stereocenters. The van der Waals surface area contributed by atoms with Crippen LogP contribution in [-0.2, 0) is 14.3 Å². The van der Waals surface area contributed by atoms with Crippen LogP contribution >= 0.6 is 0 Å². The predicted octanol–water partition coefficient (Wildman–Crippen LogP) is -0.198. The van der Waals surface area contributed by atoms with Crippen molar-refractivity contribution in [3.63, 3.8) is 0 Å². The van der Waals surface area contributed by atoms with Gasteiger partial charge >= 0.3 is 0 Å². The number of ether oxygens (including phenoxy) is 1. The normalized spacial score (nSPS) is 21.7. The molecule has 16 heavy (non-hydrogen) atoms. The fraction of sp³-hybridized carbons (Fsp3) is 0.818. The van der Waals surface area contributed by atoms with Crippen molar-refractivity contribution >= 4 is 12.2 Å². The van der Waals surface area contributed by atoms with Crippen LogP contribution in [-0.4, -0.2) is 56.0 Å². The fourth-order valence-corrected chi connectivity index (χ4v) is 1.73. The zero-order chi connectivity index (χ0) is 11.8. The van der Waals surface area contributed by atoms with E-state index in [4.69, 9.17) is 4.74 Å². The van der Waals surface area contributed by atoms with Gasteiger partial charge in [0.05, 0.1) is 13.2 Å². The number of hydrogen-bond donors (Lipinski definition) is 1. The molecule has 1 saturated heterocycles. The SMILES string of the molecule is CCCNC(=O)C1COCCN1CCC=O. The van der Waals surface area contributed by atoms with Gasteiger partial charge in [-0.3, -0.25) is 9.69 Å². The summed E-state index contributed by atoms with van der Waals surface area (Å²) in [4.78, 5) is 24.2. The number of aldehydes is 1. The van der Waals surface area contributed by atoms with Crippen molar-refractivity contribution in [3.8, 4) is 0 Å². The molecule has 1 N–H and O–H groups in total. The highest BCUT2D eigenvalue weighted by Gasteiger charge is 2.28. The van der Waals surface area contributed by atoms with Crippen LogP contribution in [0.5, 0.6) is 0 Å². The van der Waals surface area contributed by atoms with Crippen molar-refractivity contribution < 1.29 is 14.3 Å². The predicted molar refractivity (Wildman–Crippen MR) is 60.2 cm³/mol. The molecule has 0 spiro atoms. The summed E-state index contributed by atoms with van der Waals surface area (Å²) in [6.45, 7) is 5.12. The van der Waals surface area contributed by atoms with Gasteiger partial charge < -0.3 is 14.8 Å². The highest BCUT2D eigenvalue weighted by Crippen LogP contribution is 2.07. The number of morpholine rings is 1. The third kappa shape index (κ3) is 3.90. The molecule has 0 aliphatic carbocycles. The Labute approximate surface area is 96.1 Å². The molecule has 1 amide bonds. The monoisotopic (exact) mass is 228 g/mol. The molecule has 1 unspecified atom stereocenters. The van der Waals surface area contributed by atoms with E-state index < -0.39 is 0 Å². The minimum Gasteiger partial charge on any atom is -0.378 e. The van der Waals surface area contributed by atoms with Crippen LogP contribution in [0, 0.1) is 0 Å². The van der Waals surface area contributed by atoms with E-state index in [-0.39, 0.29) is 11.9 Å². The van der Waals surface area contributed by atoms with Gasteiger partial charge in [-0.25, -0.2) is 0 Å². The van der Waals surface area contributed by atoms with E-state index in [9.17, 15) is 9.59 Å². The smallest absolute Gasteiger partial charge is 0.239 e. The Morgan fingerprint density at radius 3 is 3.12 bits per heavy atom. The lowest BCUT2D eigenvalue weighted by atomic mass is 10.2. The molecule has 1 heterocycles. The van der Waals surface area contributed by atoms with Gasteiger partial charge in [-0.15, -0.1) is 0 Å². The van der Waals surface area contributed by atoms with Gasteiger partial charge in [0.1, 0.15) is 12.3 Å². The summed E-state index contributed by atoms with van der Waals surface area (Å²) in [6, 6.07) is -0.236. The van der Waals surface area contributed by atoms with E-state index >= 15 is 0 Å². The Kier molecular flexibility index (Phi) is 6.03. The van der Waals surface area contributed by atoms with Gasteiger partial charge in [-0.05, 0) is 6.42 Å². The topological polar surface area (TPSA) is 58.6 Å². The third-order valence-corrected chi connectivity index (χ3v) is 2.63. The number of hydrogen-bond acceptors (Lipinski definition) is 4. The van der Waals surface area contributed by atoms with Gasteiger partial charge in [0, 0.05) is 26.1 Å². The zero-order valence-electron chi connectivity index (χ0n) is 9.78. The summed E-state index contributed by atoms with van der Waals surface area (Å²) >= 11 is 0. The van der Waals surface area contributed by atoms with Crippen molar-refractivity contribution in [3.05, 3.63) is 0 Å². The van der Waals surface area contributed by atoms with Crippen molar-refractivity contribution in [2.75, 3.05) is 32.8 Å². The van der Waals surface area contributed by atoms with Gasteiger partial charge in [0.2, 0.25) is 5.91 Å². The number of carbonyl (C=O) groups excluding carboxylic acids is 2. The summed E-state index contributed by atoms with van der Waals surface area (Å²) in [5.74, 6) is 0.00690. The van der Waals surface area contributed by atoms with Gasteiger partial charge in [0.25, 0.3) is 0 Å². The first-order valence-corrected chi connectivity index (χ1v) is 5.82. The average molecular weight is 228 g/mol. The minimum atomic E-state index is -0.236. The molecule has 1 rings (SSSR count). The van der Waals surface area contributed by atoms with Crippen molar-refractivity contribution in [2.24, 2.45) is 0 Å². The second-order valence-corrected chi connectivity index (χ2v) is 3.87. The minimum absolute atomic E-state index is 0.00690. The molecule has 0 radical (unpaired) electrons. The van der Waals surface area contributed by atoms with Crippen LogP contribution in [0.1, 0.15) is 19.8 Å². The van der Waals surface area contributed by atoms with Crippen LogP contribution in [0.3, 0.4) is 0 Å². The molecular formula is C11H20N2O3. The molecule has 1 aliphatic heterocycles. The van der Waals surface area contributed by atoms with E-state index in [2.05, 4.69) is 5.32 Å². The largest absolute Gasteiger partial charge is 0.378 e. The zero-order valence-corrected chi connectivity index (χ0v) is 9.78. The quantitative estimate of drug-likeness (QED) is 0.640. The van der Waals surface area contributed by atoms with Crippen molar-refractivity contribution in [1.82, 2.24) is 10.2 Å². The Morgan fingerprint density at radius 2 is 2.44 bits per heavy atom. The maximum Gasteiger partial charge on any atom is 0.239 e. The van der Waals surface area contributed by atoms with Crippen LogP contribution in [0.4, 0.5) is 0 Å². The maximum absolute atomic E-state index is 11.8. The number of nitrogens with zero attached hydrogens (tertiary/aromatic N) is 1. The molecule has 0 aromatic heterocycles. The first-order valence-electron chi connectivity index (χ1n) is 5.82. The molecule has 5 heteroatoms. The van der Waals surface area contributed by atoms with Crippen molar-refractivity contribution in [1.29, 1.82) is 0 Å². The average Bonchev–Trinajstić information content (AvgIpc) is 2.33. The van der Waals surface area contributed by atoms with Crippen LogP contribution in [0.15, 0.2) is 0 Å². The Bertz CT molecular complexity index is 233. The number of rotatable bonds is 6. The van der Waals surface area contributed by atoms with Crippen LogP contribution in [0.2, 0.25) is 0 Å². The van der Waals surface area contributed by atoms with Crippen LogP contribution < -0.4 is 5.32 Å². The van der Waals surface area contributed by atoms with Gasteiger partial charge in [-0.1, -0.05) is 6.92 Å². The summed E-state index contributed by atoms with van der Waals surface area (Å²) < 4.78 is 5.30. The van der Waals surface area contributed by atoms with Crippen LogP contribution in [0.25, 0.3) is 0 Å². The lowest BCUT2D eigenvalue weighted by Gasteiger charge is -2.34. The molecule has 0 bridgehead atoms. The fourth-order valence-electron chi connectivity index (χ4n) is 1.73. The molecular weight excluding hydrogens is 208 g/mol. The molecule has 1 fully saturated rings. The maximum atomic E-state index is 11.8. The summed E-state index contributed by atoms with van der Waals surface area (Å²) in [5, 5.41) is 2.86. The second kappa shape index (κ2) is 7.35. The standard InChI is InChI=1S/C11H20N2O3/c1-2-4-12-11(15)10-9-16-8-6-13(10)5-3-7-14/h7,10H,2-6,8-9H2,1H3,(H,12,15). The number of nitrogens with one attached hydrogen (secondary N) is 1. The van der Waals surface area contributed by atoms with E-state index in [1.54, 1.807) is 0 Å². The van der Waals surface area contributed by atoms with E-state index in [1.165, 1.54) is 0 Å². The Hall–Kier alpha value is -0.940. The second-order valence-electron chi connectivity index (χ2n) is 3.87. The van der Waals surface area contributed by atoms with E-state index in [0.717, 1.165) is 19.3 Å². The summed E-state index contributed by atoms with van der Waals surface area (Å²) in [6.07, 6.45) is 2.28. The van der Waals surface area contributed by atoms with E-state index in [1.807, 2.05) is 11.8 Å². The van der Waals surface area contributed by atoms with E-state index in [0.29, 0.717) is 32.7 Å². The molecule has 1 aliphatic rings. The molecule has 0 saturated carbocycles. The lowest BCUT2D eigenvalue weighted by Crippen LogP contribution is -2.54. The van der Waals surface area contributed by atoms with Gasteiger partial charge in [0.15, 0.2) is 0 Å². The number of carbonyl (C=O) groups is 2.